The van der Waals surface area contributed by atoms with Gasteiger partial charge in [0.25, 0.3) is 0 Å². The quantitative estimate of drug-likeness (QED) is 0.358. The molecule has 0 aromatic carbocycles. The molecule has 7 heteroatoms. The van der Waals surface area contributed by atoms with Gasteiger partial charge in [-0.2, -0.15) is 8.78 Å². The van der Waals surface area contributed by atoms with Crippen molar-refractivity contribution in [2.24, 2.45) is 0 Å². The lowest BCUT2D eigenvalue weighted by Gasteiger charge is -2.14. The number of rotatable bonds is 9. The van der Waals surface area contributed by atoms with Gasteiger partial charge in [-0.25, -0.2) is 0 Å². The van der Waals surface area contributed by atoms with Crippen molar-refractivity contribution in [1.29, 1.82) is 0 Å². The first-order valence-corrected chi connectivity index (χ1v) is 8.93. The van der Waals surface area contributed by atoms with Crippen LogP contribution in [0.1, 0.15) is 53.4 Å². The topological polar surface area (TPSA) is 74.6 Å². The Morgan fingerprint density at radius 2 is 1.48 bits per heavy atom. The first-order chi connectivity index (χ1) is 10.4. The van der Waals surface area contributed by atoms with E-state index in [0.717, 1.165) is 12.8 Å². The molecule has 2 N–H and O–H groups in total. The molecule has 0 saturated carbocycles. The van der Waals surface area contributed by atoms with E-state index in [1.807, 2.05) is 26.8 Å². The van der Waals surface area contributed by atoms with Gasteiger partial charge in [-0.05, 0) is 59.5 Å². The van der Waals surface area contributed by atoms with E-state index in [1.165, 1.54) is 18.1 Å². The lowest BCUT2D eigenvalue weighted by molar-refractivity contribution is -0.129. The molecule has 0 spiro atoms. The van der Waals surface area contributed by atoms with E-state index in [0.29, 0.717) is 24.5 Å². The number of alkyl halides is 2. The highest BCUT2D eigenvalue weighted by Gasteiger charge is 2.54. The van der Waals surface area contributed by atoms with Gasteiger partial charge in [0.05, 0.1) is 0 Å². The highest BCUT2D eigenvalue weighted by Crippen LogP contribution is 2.53. The number of halogens is 2. The second kappa shape index (κ2) is 9.26. The van der Waals surface area contributed by atoms with Crippen molar-refractivity contribution in [3.8, 4) is 0 Å². The number of hydrogen-bond acceptors (Lipinski definition) is 2. The van der Waals surface area contributed by atoms with E-state index in [9.17, 15) is 18.1 Å². The fraction of sp³-hybridized carbons (Fsp3) is 0.562. The lowest BCUT2D eigenvalue weighted by Crippen LogP contribution is -2.27. The lowest BCUT2D eigenvalue weighted by atomic mass is 10.1. The third-order valence-electron chi connectivity index (χ3n) is 3.16. The Balaban J connectivity index is 4.55. The summed E-state index contributed by atoms with van der Waals surface area (Å²) in [7, 11) is -5.79. The number of hydrogen-bond donors (Lipinski definition) is 2. The standard InChI is InChI=1S/C16H25F2O4P/c1-12(2)7-5-8-13(3)9-6-10-14(4)11-15(19)16(17,18)23(20,21)22/h7,9,11H,5-6,8,10H2,1-4H3,(H2,20,21,22). The number of allylic oxidation sites excluding steroid dienone is 6. The summed E-state index contributed by atoms with van der Waals surface area (Å²) in [5, 5.41) is 0. The molecule has 0 aromatic rings. The average molecular weight is 350 g/mol. The number of ketones is 1. The van der Waals surface area contributed by atoms with Crippen molar-refractivity contribution >= 4 is 13.4 Å². The molecule has 132 valence electrons. The molecule has 0 amide bonds. The monoisotopic (exact) mass is 350 g/mol. The van der Waals surface area contributed by atoms with Crippen LogP contribution in [0.5, 0.6) is 0 Å². The molecule has 0 aliphatic carbocycles. The predicted molar refractivity (Wildman–Crippen MR) is 87.4 cm³/mol. The van der Waals surface area contributed by atoms with Crippen LogP contribution in [0.25, 0.3) is 0 Å². The number of carbonyl (C=O) groups is 1. The maximum Gasteiger partial charge on any atom is 0.406 e. The van der Waals surface area contributed by atoms with Crippen LogP contribution in [0, 0.1) is 0 Å². The van der Waals surface area contributed by atoms with Gasteiger partial charge in [-0.1, -0.05) is 28.9 Å². The first kappa shape index (κ1) is 21.9. The molecule has 0 aliphatic heterocycles. The molecule has 0 radical (unpaired) electrons. The molecule has 0 aliphatic rings. The largest absolute Gasteiger partial charge is 0.406 e. The summed E-state index contributed by atoms with van der Waals surface area (Å²) in [5.41, 5.74) is -1.88. The zero-order valence-corrected chi connectivity index (χ0v) is 14.9. The van der Waals surface area contributed by atoms with Crippen molar-refractivity contribution in [3.05, 3.63) is 34.9 Å². The third kappa shape index (κ3) is 8.35. The van der Waals surface area contributed by atoms with Gasteiger partial charge in [0.2, 0.25) is 5.78 Å². The van der Waals surface area contributed by atoms with E-state index >= 15 is 0 Å². The van der Waals surface area contributed by atoms with Crippen LogP contribution in [-0.2, 0) is 9.36 Å². The van der Waals surface area contributed by atoms with E-state index in [-0.39, 0.29) is 0 Å². The molecular formula is C16H25F2O4P. The van der Waals surface area contributed by atoms with Crippen molar-refractivity contribution in [1.82, 2.24) is 0 Å². The van der Waals surface area contributed by atoms with E-state index in [2.05, 4.69) is 6.08 Å². The van der Waals surface area contributed by atoms with E-state index < -0.39 is 19.0 Å². The normalized spacial score (nSPS) is 13.9. The molecule has 4 nitrogen and oxygen atoms in total. The van der Waals surface area contributed by atoms with Crippen LogP contribution < -0.4 is 0 Å². The molecule has 0 bridgehead atoms. The third-order valence-corrected chi connectivity index (χ3v) is 4.11. The van der Waals surface area contributed by atoms with E-state index in [4.69, 9.17) is 9.79 Å². The Morgan fingerprint density at radius 3 is 1.96 bits per heavy atom. The van der Waals surface area contributed by atoms with Crippen LogP contribution in [-0.4, -0.2) is 21.2 Å². The Morgan fingerprint density at radius 1 is 1.00 bits per heavy atom. The summed E-state index contributed by atoms with van der Waals surface area (Å²) in [6.07, 6.45) is 7.52. The SMILES string of the molecule is CC(C)=CCCC(C)=CCCC(C)=CC(=O)C(F)(F)P(=O)(O)O. The van der Waals surface area contributed by atoms with Gasteiger partial charge >= 0.3 is 13.3 Å². The van der Waals surface area contributed by atoms with Crippen molar-refractivity contribution in [3.63, 3.8) is 0 Å². The molecule has 0 saturated heterocycles. The molecule has 0 aromatic heterocycles. The minimum absolute atomic E-state index is 0.358. The first-order valence-electron chi connectivity index (χ1n) is 7.32. The highest BCUT2D eigenvalue weighted by atomic mass is 31.2. The minimum atomic E-state index is -5.79. The maximum absolute atomic E-state index is 13.2. The summed E-state index contributed by atoms with van der Waals surface area (Å²) in [6.45, 7) is 7.51. The van der Waals surface area contributed by atoms with Crippen LogP contribution in [0.4, 0.5) is 8.78 Å². The van der Waals surface area contributed by atoms with Gasteiger partial charge < -0.3 is 9.79 Å². The molecule has 0 atom stereocenters. The molecular weight excluding hydrogens is 325 g/mol. The van der Waals surface area contributed by atoms with E-state index in [1.54, 1.807) is 0 Å². The van der Waals surface area contributed by atoms with Crippen molar-refractivity contribution in [2.75, 3.05) is 0 Å². The molecule has 0 unspecified atom stereocenters. The van der Waals surface area contributed by atoms with Gasteiger partial charge in [0.15, 0.2) is 0 Å². The fourth-order valence-corrected chi connectivity index (χ4v) is 2.11. The zero-order valence-electron chi connectivity index (χ0n) is 14.0. The average Bonchev–Trinajstić information content (AvgIpc) is 2.36. The van der Waals surface area contributed by atoms with Gasteiger partial charge in [-0.3, -0.25) is 9.36 Å². The number of carbonyl (C=O) groups excluding carboxylic acids is 1. The molecule has 0 fully saturated rings. The fourth-order valence-electron chi connectivity index (χ4n) is 1.76. The Labute approximate surface area is 136 Å². The smallest absolute Gasteiger partial charge is 0.320 e. The summed E-state index contributed by atoms with van der Waals surface area (Å²) in [4.78, 5) is 28.3. The Kier molecular flexibility index (Phi) is 8.82. The molecule has 0 heterocycles. The predicted octanol–water partition coefficient (Wildman–Crippen LogP) is 4.75. The summed E-state index contributed by atoms with van der Waals surface area (Å²) < 4.78 is 36.9. The van der Waals surface area contributed by atoms with Gasteiger partial charge in [0.1, 0.15) is 0 Å². The van der Waals surface area contributed by atoms with Crippen molar-refractivity contribution in [2.45, 2.75) is 59.0 Å². The maximum atomic E-state index is 13.2. The summed E-state index contributed by atoms with van der Waals surface area (Å²) >= 11 is 0. The van der Waals surface area contributed by atoms with Crippen molar-refractivity contribution < 1.29 is 27.9 Å². The van der Waals surface area contributed by atoms with Crippen LogP contribution in [0.3, 0.4) is 0 Å². The summed E-state index contributed by atoms with van der Waals surface area (Å²) in [5.74, 6) is -1.85. The van der Waals surface area contributed by atoms with Crippen LogP contribution >= 0.6 is 7.60 Å². The second-order valence-electron chi connectivity index (χ2n) is 5.85. The second-order valence-corrected chi connectivity index (χ2v) is 7.50. The van der Waals surface area contributed by atoms with Gasteiger partial charge in [0, 0.05) is 0 Å². The molecule has 0 rings (SSSR count). The van der Waals surface area contributed by atoms with Gasteiger partial charge in [-0.15, -0.1) is 0 Å². The minimum Gasteiger partial charge on any atom is -0.320 e. The Bertz CT molecular complexity index is 552. The van der Waals surface area contributed by atoms with Crippen LogP contribution in [0.2, 0.25) is 0 Å². The zero-order chi connectivity index (χ0) is 18.3. The summed E-state index contributed by atoms with van der Waals surface area (Å²) in [6, 6.07) is 0. The van der Waals surface area contributed by atoms with Crippen LogP contribution in [0.15, 0.2) is 34.9 Å². The highest BCUT2D eigenvalue weighted by molar-refractivity contribution is 7.54. The Hall–Kier alpha value is -1.10. The molecule has 23 heavy (non-hydrogen) atoms.